The number of hydrogen-bond acceptors (Lipinski definition) is 3. The summed E-state index contributed by atoms with van der Waals surface area (Å²) in [7, 11) is 0. The predicted molar refractivity (Wildman–Crippen MR) is 50.9 cm³/mol. The third-order valence-electron chi connectivity index (χ3n) is 1.82. The van der Waals surface area contributed by atoms with Crippen molar-refractivity contribution in [1.29, 1.82) is 0 Å². The van der Waals surface area contributed by atoms with Gasteiger partial charge in [-0.3, -0.25) is 19.5 Å². The Morgan fingerprint density at radius 1 is 1.64 bits per heavy atom. The second kappa shape index (κ2) is 3.75. The van der Waals surface area contributed by atoms with E-state index in [1.807, 2.05) is 0 Å². The number of pyridine rings is 1. The van der Waals surface area contributed by atoms with Crippen molar-refractivity contribution in [3.8, 4) is 12.3 Å². The summed E-state index contributed by atoms with van der Waals surface area (Å²) in [6.07, 6.45) is 5.04. The Morgan fingerprint density at radius 2 is 2.29 bits per heavy atom. The quantitative estimate of drug-likeness (QED) is 0.393. The fourth-order valence-corrected chi connectivity index (χ4v) is 1.09. The number of hydrogen-bond donors (Lipinski definition) is 0. The number of terminal acetylenes is 1. The van der Waals surface area contributed by atoms with Gasteiger partial charge in [0.2, 0.25) is 0 Å². The fraction of sp³-hybridized carbons (Fsp3) is 0.222. The predicted octanol–water partition coefficient (Wildman–Crippen LogP) is 0.698. The monoisotopic (exact) mass is 192 g/mol. The lowest BCUT2D eigenvalue weighted by Gasteiger charge is -2.04. The van der Waals surface area contributed by atoms with Crippen LogP contribution < -0.4 is 5.56 Å². The first-order valence-electron chi connectivity index (χ1n) is 3.86. The summed E-state index contributed by atoms with van der Waals surface area (Å²) in [5.41, 5.74) is -0.502. The van der Waals surface area contributed by atoms with Crippen LogP contribution in [0, 0.1) is 29.4 Å². The Morgan fingerprint density at radius 3 is 2.79 bits per heavy atom. The first-order valence-corrected chi connectivity index (χ1v) is 3.86. The van der Waals surface area contributed by atoms with Crippen molar-refractivity contribution in [3.05, 3.63) is 38.3 Å². The smallest absolute Gasteiger partial charge is 0.295 e. The fourth-order valence-electron chi connectivity index (χ4n) is 1.09. The van der Waals surface area contributed by atoms with E-state index < -0.39 is 16.2 Å². The van der Waals surface area contributed by atoms with E-state index in [1.165, 1.54) is 16.7 Å². The second-order valence-electron chi connectivity index (χ2n) is 2.71. The molecule has 1 aromatic rings. The Balaban J connectivity index is 3.43. The Labute approximate surface area is 80.1 Å². The molecule has 72 valence electrons. The molecule has 1 aromatic heterocycles. The van der Waals surface area contributed by atoms with Gasteiger partial charge in [0.15, 0.2) is 0 Å². The molecule has 0 aliphatic carbocycles. The molecule has 0 bridgehead atoms. The van der Waals surface area contributed by atoms with E-state index in [9.17, 15) is 14.9 Å². The van der Waals surface area contributed by atoms with E-state index >= 15 is 0 Å². The second-order valence-corrected chi connectivity index (χ2v) is 2.71. The number of aromatic nitrogens is 1. The summed E-state index contributed by atoms with van der Waals surface area (Å²) < 4.78 is 1.19. The van der Waals surface area contributed by atoms with Crippen molar-refractivity contribution in [2.75, 3.05) is 0 Å². The number of aryl methyl sites for hydroxylation is 1. The molecule has 5 nitrogen and oxygen atoms in total. The van der Waals surface area contributed by atoms with Crippen LogP contribution in [0.4, 0.5) is 5.69 Å². The minimum absolute atomic E-state index is 0.0480. The highest BCUT2D eigenvalue weighted by atomic mass is 16.6. The highest BCUT2D eigenvalue weighted by Gasteiger charge is 2.14. The first kappa shape index (κ1) is 9.99. The lowest BCUT2D eigenvalue weighted by Crippen LogP contribution is -2.23. The normalized spacial score (nSPS) is 9.43. The largest absolute Gasteiger partial charge is 0.334 e. The van der Waals surface area contributed by atoms with Gasteiger partial charge in [-0.05, 0) is 13.0 Å². The van der Waals surface area contributed by atoms with E-state index in [-0.39, 0.29) is 6.54 Å². The average Bonchev–Trinajstić information content (AvgIpc) is 2.11. The van der Waals surface area contributed by atoms with Crippen LogP contribution in [0.15, 0.2) is 16.9 Å². The Hall–Kier alpha value is -2.09. The third-order valence-corrected chi connectivity index (χ3v) is 1.82. The standard InChI is InChI=1S/C9H8N2O3/c1-3-6-10-7(2)4-5-8(9(10)12)11(13)14/h1,4-5H,6H2,2H3. The van der Waals surface area contributed by atoms with Gasteiger partial charge < -0.3 is 0 Å². The van der Waals surface area contributed by atoms with Crippen molar-refractivity contribution in [2.24, 2.45) is 0 Å². The molecule has 1 heterocycles. The van der Waals surface area contributed by atoms with Crippen molar-refractivity contribution in [3.63, 3.8) is 0 Å². The van der Waals surface area contributed by atoms with Crippen LogP contribution >= 0.6 is 0 Å². The summed E-state index contributed by atoms with van der Waals surface area (Å²) in [6, 6.07) is 2.68. The number of nitro groups is 1. The highest BCUT2D eigenvalue weighted by molar-refractivity contribution is 5.28. The zero-order chi connectivity index (χ0) is 10.7. The van der Waals surface area contributed by atoms with E-state index in [2.05, 4.69) is 5.92 Å². The maximum absolute atomic E-state index is 11.4. The molecule has 5 heteroatoms. The maximum Gasteiger partial charge on any atom is 0.334 e. The van der Waals surface area contributed by atoms with Crippen LogP contribution in [0.5, 0.6) is 0 Å². The lowest BCUT2D eigenvalue weighted by molar-refractivity contribution is -0.386. The molecule has 0 atom stereocenters. The molecule has 0 aromatic carbocycles. The van der Waals surface area contributed by atoms with Gasteiger partial charge in [-0.2, -0.15) is 0 Å². The molecule has 0 radical (unpaired) electrons. The van der Waals surface area contributed by atoms with Gasteiger partial charge in [-0.1, -0.05) is 5.92 Å². The summed E-state index contributed by atoms with van der Waals surface area (Å²) in [4.78, 5) is 21.2. The molecule has 0 saturated heterocycles. The van der Waals surface area contributed by atoms with Crippen LogP contribution in [-0.2, 0) is 6.54 Å². The van der Waals surface area contributed by atoms with Crippen molar-refractivity contribution >= 4 is 5.69 Å². The van der Waals surface area contributed by atoms with Gasteiger partial charge in [0, 0.05) is 11.8 Å². The van der Waals surface area contributed by atoms with Crippen molar-refractivity contribution in [1.82, 2.24) is 4.57 Å². The van der Waals surface area contributed by atoms with Crippen molar-refractivity contribution < 1.29 is 4.92 Å². The van der Waals surface area contributed by atoms with E-state index in [1.54, 1.807) is 6.92 Å². The van der Waals surface area contributed by atoms with E-state index in [0.717, 1.165) is 0 Å². The topological polar surface area (TPSA) is 65.1 Å². The van der Waals surface area contributed by atoms with Crippen LogP contribution in [0.25, 0.3) is 0 Å². The molecule has 1 rings (SSSR count). The van der Waals surface area contributed by atoms with Crippen LogP contribution in [-0.4, -0.2) is 9.49 Å². The number of rotatable bonds is 2. The zero-order valence-corrected chi connectivity index (χ0v) is 7.56. The van der Waals surface area contributed by atoms with Crippen LogP contribution in [0.1, 0.15) is 5.69 Å². The van der Waals surface area contributed by atoms with Crippen molar-refractivity contribution in [2.45, 2.75) is 13.5 Å². The molecule has 0 aliphatic rings. The highest BCUT2D eigenvalue weighted by Crippen LogP contribution is 2.05. The van der Waals surface area contributed by atoms with Gasteiger partial charge in [0.25, 0.3) is 0 Å². The zero-order valence-electron chi connectivity index (χ0n) is 7.56. The van der Waals surface area contributed by atoms with Crippen LogP contribution in [0.2, 0.25) is 0 Å². The molecule has 0 unspecified atom stereocenters. The molecule has 14 heavy (non-hydrogen) atoms. The molecule has 0 aliphatic heterocycles. The molecular weight excluding hydrogens is 184 g/mol. The minimum atomic E-state index is -0.714. The molecule has 0 N–H and O–H groups in total. The van der Waals surface area contributed by atoms with Gasteiger partial charge in [0.05, 0.1) is 11.5 Å². The van der Waals surface area contributed by atoms with Gasteiger partial charge in [0.1, 0.15) is 0 Å². The molecule has 0 amide bonds. The van der Waals surface area contributed by atoms with Gasteiger partial charge in [-0.25, -0.2) is 0 Å². The Kier molecular flexibility index (Phi) is 2.67. The van der Waals surface area contributed by atoms with Gasteiger partial charge >= 0.3 is 11.2 Å². The summed E-state index contributed by atoms with van der Waals surface area (Å²) in [5.74, 6) is 2.27. The Bertz CT molecular complexity index is 468. The molecule has 0 saturated carbocycles. The number of nitrogens with zero attached hydrogens (tertiary/aromatic N) is 2. The van der Waals surface area contributed by atoms with Gasteiger partial charge in [-0.15, -0.1) is 6.42 Å². The summed E-state index contributed by atoms with van der Waals surface area (Å²) in [6.45, 7) is 1.72. The molecular formula is C9H8N2O3. The van der Waals surface area contributed by atoms with Crippen LogP contribution in [0.3, 0.4) is 0 Å². The molecule has 0 fully saturated rings. The van der Waals surface area contributed by atoms with E-state index in [0.29, 0.717) is 5.69 Å². The van der Waals surface area contributed by atoms with E-state index in [4.69, 9.17) is 6.42 Å². The first-order chi connectivity index (χ1) is 6.57. The maximum atomic E-state index is 11.4. The SMILES string of the molecule is C#CCn1c(C)ccc([N+](=O)[O-])c1=O. The minimum Gasteiger partial charge on any atom is -0.295 e. The summed E-state index contributed by atoms with van der Waals surface area (Å²) >= 11 is 0. The molecule has 0 spiro atoms. The average molecular weight is 192 g/mol. The summed E-state index contributed by atoms with van der Waals surface area (Å²) in [5, 5.41) is 10.4. The third kappa shape index (κ3) is 1.64. The lowest BCUT2D eigenvalue weighted by atomic mass is 10.3.